The number of H-pyrrole nitrogens is 1. The number of allylic oxidation sites excluding steroid dienone is 1. The molecule has 0 atom stereocenters. The molecule has 2 aliphatic rings. The maximum absolute atomic E-state index is 12.9. The molecule has 3 aromatic rings. The number of aromatic amines is 1. The maximum atomic E-state index is 12.9. The molecule has 0 saturated heterocycles. The molecule has 0 aliphatic heterocycles. The van der Waals surface area contributed by atoms with Gasteiger partial charge in [-0.05, 0) is 31.1 Å². The Kier molecular flexibility index (Phi) is 3.93. The third-order valence-electron chi connectivity index (χ3n) is 6.08. The van der Waals surface area contributed by atoms with Gasteiger partial charge in [-0.1, -0.05) is 36.6 Å². The molecular formula is C22H21N3O3. The average molecular weight is 375 g/mol. The van der Waals surface area contributed by atoms with E-state index in [2.05, 4.69) is 5.10 Å². The second-order valence-corrected chi connectivity index (χ2v) is 7.56. The Morgan fingerprint density at radius 3 is 2.79 bits per heavy atom. The molecule has 28 heavy (non-hydrogen) atoms. The standard InChI is InChI=1S/C22H21N3O3/c26-20-17-14-16(9-13-28-21(27)15-6-2-1-3-7-15)22(10-4-5-11-22)19(17)24-18-8-12-23-25(18)20/h1-3,6-9,12,23H,4-5,10-11,13-14H2/b16-9+. The summed E-state index contributed by atoms with van der Waals surface area (Å²) in [5, 5.41) is 2.94. The zero-order valence-corrected chi connectivity index (χ0v) is 15.5. The van der Waals surface area contributed by atoms with Gasteiger partial charge in [0.15, 0.2) is 5.65 Å². The number of hydrogen-bond acceptors (Lipinski definition) is 4. The van der Waals surface area contributed by atoms with E-state index >= 15 is 0 Å². The van der Waals surface area contributed by atoms with Crippen molar-refractivity contribution in [3.63, 3.8) is 0 Å². The van der Waals surface area contributed by atoms with Crippen molar-refractivity contribution in [3.8, 4) is 0 Å². The first-order valence-corrected chi connectivity index (χ1v) is 9.70. The lowest BCUT2D eigenvalue weighted by atomic mass is 9.79. The maximum Gasteiger partial charge on any atom is 0.338 e. The largest absolute Gasteiger partial charge is 0.458 e. The molecule has 1 aromatic carbocycles. The lowest BCUT2D eigenvalue weighted by Crippen LogP contribution is -2.26. The fourth-order valence-corrected chi connectivity index (χ4v) is 4.74. The van der Waals surface area contributed by atoms with Crippen molar-refractivity contribution in [1.29, 1.82) is 0 Å². The third kappa shape index (κ3) is 2.52. The van der Waals surface area contributed by atoms with E-state index in [1.54, 1.807) is 18.3 Å². The van der Waals surface area contributed by atoms with Crippen LogP contribution in [0.2, 0.25) is 0 Å². The van der Waals surface area contributed by atoms with E-state index in [4.69, 9.17) is 9.72 Å². The molecule has 6 nitrogen and oxygen atoms in total. The summed E-state index contributed by atoms with van der Waals surface area (Å²) in [6.45, 7) is 0.206. The van der Waals surface area contributed by atoms with Gasteiger partial charge in [0.05, 0.1) is 11.3 Å². The zero-order valence-electron chi connectivity index (χ0n) is 15.5. The highest BCUT2D eigenvalue weighted by molar-refractivity contribution is 5.89. The number of esters is 1. The quantitative estimate of drug-likeness (QED) is 0.563. The second-order valence-electron chi connectivity index (χ2n) is 7.56. The van der Waals surface area contributed by atoms with Crippen molar-refractivity contribution in [1.82, 2.24) is 14.6 Å². The van der Waals surface area contributed by atoms with E-state index in [9.17, 15) is 9.59 Å². The Bertz CT molecular complexity index is 1130. The molecule has 142 valence electrons. The summed E-state index contributed by atoms with van der Waals surface area (Å²) in [4.78, 5) is 30.0. The molecule has 5 rings (SSSR count). The second kappa shape index (κ2) is 6.48. The fourth-order valence-electron chi connectivity index (χ4n) is 4.74. The van der Waals surface area contributed by atoms with Crippen molar-refractivity contribution in [3.05, 3.63) is 81.4 Å². The molecular weight excluding hydrogens is 354 g/mol. The van der Waals surface area contributed by atoms with Crippen LogP contribution in [0.15, 0.2) is 59.0 Å². The predicted octanol–water partition coefficient (Wildman–Crippen LogP) is 3.17. The fraction of sp³-hybridized carbons (Fsp3) is 0.318. The first-order chi connectivity index (χ1) is 13.7. The summed E-state index contributed by atoms with van der Waals surface area (Å²) < 4.78 is 6.96. The van der Waals surface area contributed by atoms with Crippen LogP contribution in [0, 0.1) is 0 Å². The number of ether oxygens (including phenoxy) is 1. The van der Waals surface area contributed by atoms with Crippen LogP contribution in [-0.4, -0.2) is 27.2 Å². The number of carbonyl (C=O) groups excluding carboxylic acids is 1. The van der Waals surface area contributed by atoms with Gasteiger partial charge in [-0.25, -0.2) is 14.3 Å². The van der Waals surface area contributed by atoms with Crippen LogP contribution in [-0.2, 0) is 16.6 Å². The van der Waals surface area contributed by atoms with Crippen molar-refractivity contribution in [2.45, 2.75) is 37.5 Å². The molecule has 0 bridgehead atoms. The number of rotatable bonds is 3. The Labute approximate surface area is 161 Å². The predicted molar refractivity (Wildman–Crippen MR) is 104 cm³/mol. The van der Waals surface area contributed by atoms with Gasteiger partial charge in [0.2, 0.25) is 0 Å². The third-order valence-corrected chi connectivity index (χ3v) is 6.08. The SMILES string of the molecule is O=C(OC/C=C1\Cc2c(nc3cc[nH]n3c2=O)C12CCCC2)c1ccccc1. The summed E-state index contributed by atoms with van der Waals surface area (Å²) in [7, 11) is 0. The smallest absolute Gasteiger partial charge is 0.338 e. The Morgan fingerprint density at radius 2 is 2.00 bits per heavy atom. The van der Waals surface area contributed by atoms with Gasteiger partial charge < -0.3 is 4.74 Å². The molecule has 1 saturated carbocycles. The van der Waals surface area contributed by atoms with Crippen LogP contribution >= 0.6 is 0 Å². The highest BCUT2D eigenvalue weighted by atomic mass is 16.5. The van der Waals surface area contributed by atoms with Gasteiger partial charge in [-0.3, -0.25) is 9.89 Å². The van der Waals surface area contributed by atoms with Gasteiger partial charge in [0, 0.05) is 29.7 Å². The molecule has 1 fully saturated rings. The summed E-state index contributed by atoms with van der Waals surface area (Å²) in [5.41, 5.74) is 3.85. The molecule has 0 radical (unpaired) electrons. The van der Waals surface area contributed by atoms with Crippen LogP contribution in [0.1, 0.15) is 47.3 Å². The van der Waals surface area contributed by atoms with Gasteiger partial charge in [0.1, 0.15) is 6.61 Å². The monoisotopic (exact) mass is 375 g/mol. The van der Waals surface area contributed by atoms with Gasteiger partial charge in [-0.2, -0.15) is 0 Å². The molecule has 1 N–H and O–H groups in total. The number of nitrogens with zero attached hydrogens (tertiary/aromatic N) is 2. The summed E-state index contributed by atoms with van der Waals surface area (Å²) >= 11 is 0. The van der Waals surface area contributed by atoms with E-state index in [-0.39, 0.29) is 23.6 Å². The topological polar surface area (TPSA) is 76.5 Å². The van der Waals surface area contributed by atoms with E-state index in [0.717, 1.165) is 36.9 Å². The summed E-state index contributed by atoms with van der Waals surface area (Å²) in [6, 6.07) is 10.8. The van der Waals surface area contributed by atoms with Crippen LogP contribution < -0.4 is 5.56 Å². The minimum Gasteiger partial charge on any atom is -0.458 e. The first kappa shape index (κ1) is 17.0. The average Bonchev–Trinajstić information content (AvgIpc) is 3.45. The Balaban J connectivity index is 1.46. The highest BCUT2D eigenvalue weighted by Gasteiger charge is 2.47. The minimum absolute atomic E-state index is 0.0269. The first-order valence-electron chi connectivity index (χ1n) is 9.70. The molecule has 2 aromatic heterocycles. The number of carbonyl (C=O) groups is 1. The van der Waals surface area contributed by atoms with Gasteiger partial charge in [-0.15, -0.1) is 0 Å². The van der Waals surface area contributed by atoms with E-state index < -0.39 is 0 Å². The van der Waals surface area contributed by atoms with Gasteiger partial charge in [0.25, 0.3) is 5.56 Å². The Hall–Kier alpha value is -3.15. The number of benzene rings is 1. The van der Waals surface area contributed by atoms with E-state index in [1.165, 1.54) is 10.1 Å². The van der Waals surface area contributed by atoms with Crippen molar-refractivity contribution >= 4 is 11.6 Å². The lowest BCUT2D eigenvalue weighted by Gasteiger charge is -2.25. The van der Waals surface area contributed by atoms with Crippen LogP contribution in [0.5, 0.6) is 0 Å². The van der Waals surface area contributed by atoms with Crippen molar-refractivity contribution in [2.24, 2.45) is 0 Å². The summed E-state index contributed by atoms with van der Waals surface area (Å²) in [6.07, 6.45) is 8.53. The summed E-state index contributed by atoms with van der Waals surface area (Å²) in [5.74, 6) is -0.333. The van der Waals surface area contributed by atoms with Crippen LogP contribution in [0.4, 0.5) is 0 Å². The molecule has 0 amide bonds. The van der Waals surface area contributed by atoms with E-state index in [0.29, 0.717) is 17.6 Å². The number of hydrogen-bond donors (Lipinski definition) is 1. The van der Waals surface area contributed by atoms with Crippen molar-refractivity contribution in [2.75, 3.05) is 6.61 Å². The molecule has 2 aliphatic carbocycles. The molecule has 6 heteroatoms. The lowest BCUT2D eigenvalue weighted by molar-refractivity contribution is 0.0548. The zero-order chi connectivity index (χ0) is 19.1. The molecule has 2 heterocycles. The van der Waals surface area contributed by atoms with Crippen LogP contribution in [0.25, 0.3) is 5.65 Å². The Morgan fingerprint density at radius 1 is 1.21 bits per heavy atom. The normalized spacial score (nSPS) is 18.8. The van der Waals surface area contributed by atoms with Crippen LogP contribution in [0.3, 0.4) is 0 Å². The minimum atomic E-state index is -0.333. The number of aromatic nitrogens is 3. The van der Waals surface area contributed by atoms with E-state index in [1.807, 2.05) is 30.3 Å². The molecule has 0 unspecified atom stereocenters. The number of fused-ring (bicyclic) bond motifs is 3. The van der Waals surface area contributed by atoms with Crippen molar-refractivity contribution < 1.29 is 9.53 Å². The number of nitrogens with one attached hydrogen (secondary N) is 1. The molecule has 1 spiro atoms. The highest BCUT2D eigenvalue weighted by Crippen LogP contribution is 2.51. The van der Waals surface area contributed by atoms with Gasteiger partial charge >= 0.3 is 5.97 Å².